The highest BCUT2D eigenvalue weighted by Gasteiger charge is 1.97. The Bertz CT molecular complexity index is 265. The minimum absolute atomic E-state index is 0.0503. The van der Waals surface area contributed by atoms with Crippen LogP contribution in [0.2, 0.25) is 0 Å². The molecule has 0 aliphatic carbocycles. The number of unbranched alkanes of at least 4 members (excludes halogenated alkanes) is 5. The highest BCUT2D eigenvalue weighted by molar-refractivity contribution is 8.14. The first-order valence-corrected chi connectivity index (χ1v) is 7.73. The van der Waals surface area contributed by atoms with Crippen molar-refractivity contribution in [1.29, 1.82) is 0 Å². The van der Waals surface area contributed by atoms with Crippen LogP contribution in [0.25, 0.3) is 0 Å². The molecule has 1 N–H and O–H groups in total. The molecule has 0 aliphatic heterocycles. The van der Waals surface area contributed by atoms with Gasteiger partial charge < -0.3 is 5.32 Å². The standard InChI is InChI=1S/C14H25NO2S/c1-3-4-5-6-7-8-9-10-14(17)18-12-11-15-13(2)16/h9-10H,3-8,11-12H2,1-2H3,(H,15,16). The number of hydrogen-bond acceptors (Lipinski definition) is 3. The highest BCUT2D eigenvalue weighted by atomic mass is 32.2. The summed E-state index contributed by atoms with van der Waals surface area (Å²) in [6, 6.07) is 0. The lowest BCUT2D eigenvalue weighted by Gasteiger charge is -1.99. The zero-order chi connectivity index (χ0) is 13.6. The molecule has 0 aromatic heterocycles. The van der Waals surface area contributed by atoms with Gasteiger partial charge in [0, 0.05) is 19.2 Å². The summed E-state index contributed by atoms with van der Waals surface area (Å²) in [5.74, 6) is 0.588. The third kappa shape index (κ3) is 13.3. The molecule has 0 unspecified atom stereocenters. The van der Waals surface area contributed by atoms with E-state index in [2.05, 4.69) is 12.2 Å². The molecule has 0 bridgehead atoms. The number of carbonyl (C=O) groups excluding carboxylic acids is 2. The minimum Gasteiger partial charge on any atom is -0.356 e. The lowest BCUT2D eigenvalue weighted by atomic mass is 10.1. The molecule has 0 saturated heterocycles. The molecular weight excluding hydrogens is 246 g/mol. The molecule has 0 fully saturated rings. The van der Waals surface area contributed by atoms with Crippen molar-refractivity contribution in [3.8, 4) is 0 Å². The first-order valence-electron chi connectivity index (χ1n) is 6.74. The van der Waals surface area contributed by atoms with Gasteiger partial charge >= 0.3 is 0 Å². The van der Waals surface area contributed by atoms with E-state index < -0.39 is 0 Å². The largest absolute Gasteiger partial charge is 0.356 e. The van der Waals surface area contributed by atoms with E-state index >= 15 is 0 Å². The van der Waals surface area contributed by atoms with Crippen LogP contribution in [0.4, 0.5) is 0 Å². The van der Waals surface area contributed by atoms with Crippen LogP contribution in [0.5, 0.6) is 0 Å². The smallest absolute Gasteiger partial charge is 0.216 e. The predicted molar refractivity (Wildman–Crippen MR) is 78.7 cm³/mol. The molecule has 0 aliphatic rings. The lowest BCUT2D eigenvalue weighted by Crippen LogP contribution is -2.22. The molecule has 0 heterocycles. The Morgan fingerprint density at radius 1 is 1.17 bits per heavy atom. The van der Waals surface area contributed by atoms with Crippen molar-refractivity contribution >= 4 is 22.8 Å². The summed E-state index contributed by atoms with van der Waals surface area (Å²) in [5.41, 5.74) is 0. The van der Waals surface area contributed by atoms with Gasteiger partial charge in [0.2, 0.25) is 11.0 Å². The molecule has 3 nitrogen and oxygen atoms in total. The fourth-order valence-corrected chi connectivity index (χ4v) is 2.07. The van der Waals surface area contributed by atoms with Gasteiger partial charge in [-0.1, -0.05) is 50.4 Å². The molecule has 0 spiro atoms. The Morgan fingerprint density at radius 3 is 2.56 bits per heavy atom. The average Bonchev–Trinajstić information content (AvgIpc) is 2.33. The second-order valence-electron chi connectivity index (χ2n) is 4.26. The van der Waals surface area contributed by atoms with Gasteiger partial charge in [-0.25, -0.2) is 0 Å². The zero-order valence-electron chi connectivity index (χ0n) is 11.5. The Hall–Kier alpha value is -0.770. The SMILES string of the molecule is CCCCCCCC=CC(=O)SCCNC(C)=O. The second kappa shape index (κ2) is 12.7. The molecule has 0 saturated carbocycles. The Labute approximate surface area is 115 Å². The number of carbonyl (C=O) groups is 2. The molecule has 0 rings (SSSR count). The van der Waals surface area contributed by atoms with Crippen LogP contribution < -0.4 is 5.32 Å². The van der Waals surface area contributed by atoms with Gasteiger partial charge in [-0.05, 0) is 18.9 Å². The van der Waals surface area contributed by atoms with Crippen LogP contribution in [0, 0.1) is 0 Å². The molecule has 0 aromatic rings. The molecule has 0 aromatic carbocycles. The Kier molecular flexibility index (Phi) is 12.1. The monoisotopic (exact) mass is 271 g/mol. The van der Waals surface area contributed by atoms with Crippen LogP contribution >= 0.6 is 11.8 Å². The highest BCUT2D eigenvalue weighted by Crippen LogP contribution is 2.07. The zero-order valence-corrected chi connectivity index (χ0v) is 12.4. The summed E-state index contributed by atoms with van der Waals surface area (Å²) in [7, 11) is 0. The van der Waals surface area contributed by atoms with Crippen molar-refractivity contribution in [3.05, 3.63) is 12.2 Å². The van der Waals surface area contributed by atoms with E-state index in [0.29, 0.717) is 12.3 Å². The maximum Gasteiger partial charge on any atom is 0.216 e. The maximum absolute atomic E-state index is 11.4. The normalized spacial score (nSPS) is 10.8. The molecular formula is C14H25NO2S. The Morgan fingerprint density at radius 2 is 1.89 bits per heavy atom. The first-order chi connectivity index (χ1) is 8.66. The third-order valence-electron chi connectivity index (χ3n) is 2.45. The van der Waals surface area contributed by atoms with Gasteiger partial charge in [-0.2, -0.15) is 0 Å². The van der Waals surface area contributed by atoms with E-state index in [0.717, 1.165) is 6.42 Å². The van der Waals surface area contributed by atoms with Crippen molar-refractivity contribution in [2.24, 2.45) is 0 Å². The second-order valence-corrected chi connectivity index (χ2v) is 5.36. The fourth-order valence-electron chi connectivity index (χ4n) is 1.47. The summed E-state index contributed by atoms with van der Waals surface area (Å²) in [6.07, 6.45) is 10.9. The van der Waals surface area contributed by atoms with Gasteiger partial charge in [-0.3, -0.25) is 9.59 Å². The first kappa shape index (κ1) is 17.2. The molecule has 0 atom stereocenters. The topological polar surface area (TPSA) is 46.2 Å². The molecule has 18 heavy (non-hydrogen) atoms. The van der Waals surface area contributed by atoms with Gasteiger partial charge in [0.15, 0.2) is 0 Å². The van der Waals surface area contributed by atoms with Crippen LogP contribution in [0.3, 0.4) is 0 Å². The van der Waals surface area contributed by atoms with Crippen molar-refractivity contribution < 1.29 is 9.59 Å². The van der Waals surface area contributed by atoms with E-state index in [1.54, 1.807) is 6.08 Å². The van der Waals surface area contributed by atoms with E-state index in [9.17, 15) is 9.59 Å². The summed E-state index contributed by atoms with van der Waals surface area (Å²) in [5, 5.41) is 2.74. The van der Waals surface area contributed by atoms with Crippen molar-refractivity contribution in [1.82, 2.24) is 5.32 Å². The molecule has 1 amide bonds. The van der Waals surface area contributed by atoms with Gasteiger partial charge in [0.05, 0.1) is 0 Å². The van der Waals surface area contributed by atoms with Crippen molar-refractivity contribution in [3.63, 3.8) is 0 Å². The van der Waals surface area contributed by atoms with Crippen LogP contribution in [-0.2, 0) is 9.59 Å². The predicted octanol–water partition coefficient (Wildman–Crippen LogP) is 3.30. The minimum atomic E-state index is -0.0503. The van der Waals surface area contributed by atoms with E-state index in [1.807, 2.05) is 6.08 Å². The number of amides is 1. The number of hydrogen-bond donors (Lipinski definition) is 1. The summed E-state index contributed by atoms with van der Waals surface area (Å²) < 4.78 is 0. The van der Waals surface area contributed by atoms with E-state index in [4.69, 9.17) is 0 Å². The number of thioether (sulfide) groups is 1. The van der Waals surface area contributed by atoms with Crippen LogP contribution in [0.15, 0.2) is 12.2 Å². The van der Waals surface area contributed by atoms with Crippen molar-refractivity contribution in [2.75, 3.05) is 12.3 Å². The van der Waals surface area contributed by atoms with Gasteiger partial charge in [0.25, 0.3) is 0 Å². The molecule has 4 heteroatoms. The van der Waals surface area contributed by atoms with E-state index in [1.165, 1.54) is 50.8 Å². The number of nitrogens with one attached hydrogen (secondary N) is 1. The lowest BCUT2D eigenvalue weighted by molar-refractivity contribution is -0.118. The molecule has 0 radical (unpaired) electrons. The quantitative estimate of drug-likeness (QED) is 0.490. The maximum atomic E-state index is 11.4. The fraction of sp³-hybridized carbons (Fsp3) is 0.714. The van der Waals surface area contributed by atoms with Crippen molar-refractivity contribution in [2.45, 2.75) is 52.4 Å². The van der Waals surface area contributed by atoms with E-state index in [-0.39, 0.29) is 11.0 Å². The van der Waals surface area contributed by atoms with Crippen LogP contribution in [-0.4, -0.2) is 23.3 Å². The van der Waals surface area contributed by atoms with Gasteiger partial charge in [-0.15, -0.1) is 0 Å². The Balaban J connectivity index is 3.36. The number of allylic oxidation sites excluding steroid dienone is 1. The summed E-state index contributed by atoms with van der Waals surface area (Å²) in [4.78, 5) is 22.0. The summed E-state index contributed by atoms with van der Waals surface area (Å²) in [6.45, 7) is 4.23. The van der Waals surface area contributed by atoms with Gasteiger partial charge in [0.1, 0.15) is 0 Å². The van der Waals surface area contributed by atoms with Crippen LogP contribution in [0.1, 0.15) is 52.4 Å². The average molecular weight is 271 g/mol. The number of rotatable bonds is 10. The third-order valence-corrected chi connectivity index (χ3v) is 3.28. The summed E-state index contributed by atoms with van der Waals surface area (Å²) >= 11 is 1.25. The molecule has 104 valence electrons.